The fraction of sp³-hybridized carbons (Fsp3) is 0.333. The van der Waals surface area contributed by atoms with Crippen LogP contribution < -0.4 is 19.7 Å². The molecule has 0 radical (unpaired) electrons. The zero-order valence-electron chi connectivity index (χ0n) is 22.3. The first-order valence-corrected chi connectivity index (χ1v) is 13.0. The van der Waals surface area contributed by atoms with Crippen molar-refractivity contribution in [2.75, 3.05) is 56.7 Å². The van der Waals surface area contributed by atoms with Crippen molar-refractivity contribution in [2.45, 2.75) is 13.3 Å². The predicted molar refractivity (Wildman–Crippen MR) is 151 cm³/mol. The molecule has 0 aliphatic carbocycles. The Hall–Kier alpha value is -4.04. The number of carbonyl (C=O) groups is 1. The Kier molecular flexibility index (Phi) is 7.79. The summed E-state index contributed by atoms with van der Waals surface area (Å²) in [5.74, 6) is 2.18. The Morgan fingerprint density at radius 3 is 2.37 bits per heavy atom. The maximum atomic E-state index is 12.4. The number of anilines is 2. The monoisotopic (exact) mass is 513 g/mol. The summed E-state index contributed by atoms with van der Waals surface area (Å²) in [5, 5.41) is 2.91. The highest BCUT2D eigenvalue weighted by molar-refractivity contribution is 5.94. The third kappa shape index (κ3) is 6.08. The zero-order chi connectivity index (χ0) is 26.5. The highest BCUT2D eigenvalue weighted by atomic mass is 16.5. The Labute approximate surface area is 223 Å². The Morgan fingerprint density at radius 2 is 1.66 bits per heavy atom. The summed E-state index contributed by atoms with van der Waals surface area (Å²) < 4.78 is 12.9. The van der Waals surface area contributed by atoms with Crippen LogP contribution in [-0.4, -0.2) is 66.8 Å². The molecule has 4 aromatic rings. The fourth-order valence-corrected chi connectivity index (χ4v) is 4.81. The van der Waals surface area contributed by atoms with E-state index >= 15 is 0 Å². The highest BCUT2D eigenvalue weighted by Gasteiger charge is 2.18. The fourth-order valence-electron chi connectivity index (χ4n) is 4.81. The number of methoxy groups -OCH3 is 1. The molecule has 1 aliphatic rings. The molecule has 8 nitrogen and oxygen atoms in total. The number of piperazine rings is 1. The number of hydrogen-bond donors (Lipinski definition) is 1. The maximum absolute atomic E-state index is 12.4. The minimum atomic E-state index is -0.221. The molecule has 0 atom stereocenters. The van der Waals surface area contributed by atoms with E-state index in [9.17, 15) is 4.79 Å². The van der Waals surface area contributed by atoms with Crippen molar-refractivity contribution in [1.29, 1.82) is 0 Å². The predicted octanol–water partition coefficient (Wildman–Crippen LogP) is 4.27. The molecule has 1 aliphatic heterocycles. The van der Waals surface area contributed by atoms with Gasteiger partial charge in [-0.25, -0.2) is 4.98 Å². The van der Waals surface area contributed by atoms with Crippen molar-refractivity contribution in [2.24, 2.45) is 7.05 Å². The summed E-state index contributed by atoms with van der Waals surface area (Å²) in [5.41, 5.74) is 5.24. The van der Waals surface area contributed by atoms with Crippen LogP contribution in [0.4, 0.5) is 11.4 Å². The largest absolute Gasteiger partial charge is 0.497 e. The van der Waals surface area contributed by atoms with Crippen molar-refractivity contribution in [3.8, 4) is 11.5 Å². The SMILES string of the molecule is COc1ccc(OCC(=O)Nc2ccc3c(c2)nc(CCN2CCN(c4ccc(C)cc4)CC2)n3C)cc1. The van der Waals surface area contributed by atoms with Gasteiger partial charge >= 0.3 is 0 Å². The number of fused-ring (bicyclic) bond motifs is 1. The van der Waals surface area contributed by atoms with Crippen LogP contribution in [0.5, 0.6) is 11.5 Å². The van der Waals surface area contributed by atoms with Gasteiger partial charge in [0.05, 0.1) is 18.1 Å². The molecule has 1 saturated heterocycles. The van der Waals surface area contributed by atoms with Gasteiger partial charge in [-0.3, -0.25) is 9.69 Å². The number of benzene rings is 3. The highest BCUT2D eigenvalue weighted by Crippen LogP contribution is 2.22. The van der Waals surface area contributed by atoms with E-state index in [1.165, 1.54) is 11.3 Å². The Morgan fingerprint density at radius 1 is 0.947 bits per heavy atom. The van der Waals surface area contributed by atoms with Gasteiger partial charge < -0.3 is 24.3 Å². The van der Waals surface area contributed by atoms with Crippen LogP contribution in [-0.2, 0) is 18.3 Å². The second-order valence-corrected chi connectivity index (χ2v) is 9.72. The van der Waals surface area contributed by atoms with Crippen LogP contribution in [0.1, 0.15) is 11.4 Å². The number of hydrogen-bond acceptors (Lipinski definition) is 6. The van der Waals surface area contributed by atoms with Crippen LogP contribution >= 0.6 is 0 Å². The number of ether oxygens (including phenoxy) is 2. The number of imidazole rings is 1. The van der Waals surface area contributed by atoms with Crippen molar-refractivity contribution in [3.63, 3.8) is 0 Å². The molecular weight excluding hydrogens is 478 g/mol. The van der Waals surface area contributed by atoms with Gasteiger partial charge in [0.2, 0.25) is 0 Å². The summed E-state index contributed by atoms with van der Waals surface area (Å²) in [4.78, 5) is 22.3. The van der Waals surface area contributed by atoms with E-state index < -0.39 is 0 Å². The summed E-state index contributed by atoms with van der Waals surface area (Å²) in [6, 6.07) is 21.8. The molecule has 1 amide bonds. The van der Waals surface area contributed by atoms with Crippen LogP contribution in [0.3, 0.4) is 0 Å². The topological polar surface area (TPSA) is 71.9 Å². The van der Waals surface area contributed by atoms with Crippen LogP contribution in [0.2, 0.25) is 0 Å². The first kappa shape index (κ1) is 25.6. The van der Waals surface area contributed by atoms with E-state index in [-0.39, 0.29) is 12.5 Å². The zero-order valence-corrected chi connectivity index (χ0v) is 22.3. The first-order chi connectivity index (χ1) is 18.5. The molecule has 0 unspecified atom stereocenters. The molecule has 38 heavy (non-hydrogen) atoms. The number of nitrogens with zero attached hydrogens (tertiary/aromatic N) is 4. The van der Waals surface area contributed by atoms with Gasteiger partial charge in [-0.05, 0) is 61.5 Å². The molecule has 8 heteroatoms. The van der Waals surface area contributed by atoms with Crippen LogP contribution in [0.15, 0.2) is 66.7 Å². The quantitative estimate of drug-likeness (QED) is 0.360. The third-order valence-electron chi connectivity index (χ3n) is 7.11. The lowest BCUT2D eigenvalue weighted by Gasteiger charge is -2.36. The smallest absolute Gasteiger partial charge is 0.262 e. The summed E-state index contributed by atoms with van der Waals surface area (Å²) in [6.07, 6.45) is 0.882. The van der Waals surface area contributed by atoms with Gasteiger partial charge in [0.25, 0.3) is 5.91 Å². The second-order valence-electron chi connectivity index (χ2n) is 9.72. The van der Waals surface area contributed by atoms with Gasteiger partial charge in [0, 0.05) is 57.6 Å². The number of aryl methyl sites for hydroxylation is 2. The molecule has 1 aromatic heterocycles. The van der Waals surface area contributed by atoms with Crippen molar-refractivity contribution in [1.82, 2.24) is 14.5 Å². The standard InChI is InChI=1S/C30H35N5O3/c1-22-4-7-24(8-5-22)35-18-16-34(17-19-35)15-14-29-32-27-20-23(6-13-28(27)33(29)2)31-30(36)21-38-26-11-9-25(37-3)10-12-26/h4-13,20H,14-19,21H2,1-3H3,(H,31,36). The summed E-state index contributed by atoms with van der Waals surface area (Å²) >= 11 is 0. The molecule has 0 saturated carbocycles. The van der Waals surface area contributed by atoms with Crippen molar-refractivity contribution < 1.29 is 14.3 Å². The summed E-state index contributed by atoms with van der Waals surface area (Å²) in [6.45, 7) is 7.20. The van der Waals surface area contributed by atoms with E-state index in [4.69, 9.17) is 14.5 Å². The number of amides is 1. The molecular formula is C30H35N5O3. The lowest BCUT2D eigenvalue weighted by atomic mass is 10.2. The van der Waals surface area contributed by atoms with Crippen molar-refractivity contribution >= 4 is 28.3 Å². The van der Waals surface area contributed by atoms with Gasteiger partial charge in [-0.2, -0.15) is 0 Å². The normalized spacial score (nSPS) is 14.0. The van der Waals surface area contributed by atoms with Gasteiger partial charge in [-0.15, -0.1) is 0 Å². The van der Waals surface area contributed by atoms with Gasteiger partial charge in [0.1, 0.15) is 17.3 Å². The average Bonchev–Trinajstić information content (AvgIpc) is 3.26. The van der Waals surface area contributed by atoms with E-state index in [1.807, 2.05) is 18.2 Å². The molecule has 3 aromatic carbocycles. The molecule has 0 spiro atoms. The molecule has 5 rings (SSSR count). The minimum Gasteiger partial charge on any atom is -0.497 e. The number of rotatable bonds is 9. The molecule has 198 valence electrons. The van der Waals surface area contributed by atoms with Crippen molar-refractivity contribution in [3.05, 3.63) is 78.1 Å². The molecule has 2 heterocycles. The van der Waals surface area contributed by atoms with E-state index in [0.717, 1.165) is 61.8 Å². The summed E-state index contributed by atoms with van der Waals surface area (Å²) in [7, 11) is 3.67. The molecule has 1 fully saturated rings. The third-order valence-corrected chi connectivity index (χ3v) is 7.11. The van der Waals surface area contributed by atoms with Gasteiger partial charge in [0.15, 0.2) is 6.61 Å². The Bertz CT molecular complexity index is 1370. The van der Waals surface area contributed by atoms with E-state index in [0.29, 0.717) is 11.4 Å². The van der Waals surface area contributed by atoms with Crippen LogP contribution in [0.25, 0.3) is 11.0 Å². The number of carbonyl (C=O) groups excluding carboxylic acids is 1. The van der Waals surface area contributed by atoms with E-state index in [1.54, 1.807) is 31.4 Å². The maximum Gasteiger partial charge on any atom is 0.262 e. The average molecular weight is 514 g/mol. The first-order valence-electron chi connectivity index (χ1n) is 13.0. The van der Waals surface area contributed by atoms with Gasteiger partial charge in [-0.1, -0.05) is 17.7 Å². The second kappa shape index (κ2) is 11.6. The molecule has 1 N–H and O–H groups in total. The lowest BCUT2D eigenvalue weighted by molar-refractivity contribution is -0.118. The van der Waals surface area contributed by atoms with Crippen LogP contribution in [0, 0.1) is 6.92 Å². The molecule has 0 bridgehead atoms. The van der Waals surface area contributed by atoms with E-state index in [2.05, 4.69) is 57.9 Å². The number of nitrogens with one attached hydrogen (secondary N) is 1. The number of aromatic nitrogens is 2. The minimum absolute atomic E-state index is 0.0744. The lowest BCUT2D eigenvalue weighted by Crippen LogP contribution is -2.47. The Balaban J connectivity index is 1.13.